The van der Waals surface area contributed by atoms with E-state index in [1.165, 1.54) is 10.4 Å². The summed E-state index contributed by atoms with van der Waals surface area (Å²) in [5.41, 5.74) is 0.480. The van der Waals surface area contributed by atoms with E-state index in [4.69, 9.17) is 4.42 Å². The Morgan fingerprint density at radius 1 is 1.26 bits per heavy atom. The molecule has 0 saturated carbocycles. The zero-order chi connectivity index (χ0) is 18.9. The lowest BCUT2D eigenvalue weighted by atomic mass is 10.2. The van der Waals surface area contributed by atoms with Crippen LogP contribution in [0.1, 0.15) is 12.8 Å². The number of carbonyl (C=O) groups excluding carboxylic acids is 1. The highest BCUT2D eigenvalue weighted by atomic mass is 32.2. The van der Waals surface area contributed by atoms with Crippen molar-refractivity contribution in [3.8, 4) is 11.6 Å². The van der Waals surface area contributed by atoms with Gasteiger partial charge in [0.05, 0.1) is 0 Å². The minimum atomic E-state index is -3.71. The van der Waals surface area contributed by atoms with Crippen LogP contribution in [0, 0.1) is 0 Å². The van der Waals surface area contributed by atoms with Gasteiger partial charge in [0.1, 0.15) is 15.9 Å². The molecule has 0 radical (unpaired) electrons. The minimum Gasteiger partial charge on any atom is -0.401 e. The van der Waals surface area contributed by atoms with E-state index in [1.54, 1.807) is 35.8 Å². The van der Waals surface area contributed by atoms with Gasteiger partial charge in [-0.15, -0.1) is 16.4 Å². The van der Waals surface area contributed by atoms with Gasteiger partial charge in [0, 0.05) is 12.7 Å². The number of aromatic nitrogens is 3. The van der Waals surface area contributed by atoms with Crippen LogP contribution in [0.25, 0.3) is 11.6 Å². The van der Waals surface area contributed by atoms with Crippen LogP contribution in [0.15, 0.2) is 50.5 Å². The van der Waals surface area contributed by atoms with Gasteiger partial charge in [0.25, 0.3) is 15.9 Å². The molecule has 0 bridgehead atoms. The third kappa shape index (κ3) is 3.48. The Hall–Kier alpha value is -2.63. The molecule has 0 aliphatic carbocycles. The van der Waals surface area contributed by atoms with Crippen LogP contribution in [0.4, 0.5) is 6.01 Å². The van der Waals surface area contributed by atoms with Gasteiger partial charge in [0.15, 0.2) is 0 Å². The monoisotopic (exact) mass is 405 g/mol. The molecule has 4 heterocycles. The van der Waals surface area contributed by atoms with Crippen molar-refractivity contribution in [2.24, 2.45) is 0 Å². The lowest BCUT2D eigenvalue weighted by Gasteiger charge is -2.21. The first-order valence-electron chi connectivity index (χ1n) is 8.17. The van der Waals surface area contributed by atoms with Gasteiger partial charge in [-0.3, -0.25) is 15.1 Å². The molecule has 1 aliphatic heterocycles. The van der Waals surface area contributed by atoms with Crippen LogP contribution in [-0.2, 0) is 14.8 Å². The maximum absolute atomic E-state index is 12.7. The van der Waals surface area contributed by atoms with Gasteiger partial charge in [-0.1, -0.05) is 17.2 Å². The zero-order valence-electron chi connectivity index (χ0n) is 14.0. The van der Waals surface area contributed by atoms with Gasteiger partial charge >= 0.3 is 6.01 Å². The summed E-state index contributed by atoms with van der Waals surface area (Å²) in [6.45, 7) is 0.293. The summed E-state index contributed by atoms with van der Waals surface area (Å²) in [6, 6.07) is 7.52. The van der Waals surface area contributed by atoms with E-state index in [0.29, 0.717) is 25.1 Å². The molecule has 140 valence electrons. The molecule has 9 nitrogen and oxygen atoms in total. The Morgan fingerprint density at radius 2 is 2.15 bits per heavy atom. The van der Waals surface area contributed by atoms with E-state index in [0.717, 1.165) is 11.3 Å². The first-order chi connectivity index (χ1) is 13.1. The molecule has 27 heavy (non-hydrogen) atoms. The van der Waals surface area contributed by atoms with Crippen molar-refractivity contribution in [1.29, 1.82) is 0 Å². The van der Waals surface area contributed by atoms with Crippen molar-refractivity contribution < 1.29 is 17.6 Å². The Kier molecular flexibility index (Phi) is 4.72. The molecule has 3 aromatic heterocycles. The lowest BCUT2D eigenvalue weighted by molar-refractivity contribution is -0.119. The lowest BCUT2D eigenvalue weighted by Crippen LogP contribution is -2.42. The topological polar surface area (TPSA) is 118 Å². The predicted octanol–water partition coefficient (Wildman–Crippen LogP) is 1.98. The zero-order valence-corrected chi connectivity index (χ0v) is 15.6. The Balaban J connectivity index is 1.50. The molecule has 1 aliphatic rings. The number of anilines is 1. The number of hydrogen-bond acceptors (Lipinski definition) is 8. The number of sulfonamides is 1. The number of thiophene rings is 1. The SMILES string of the molecule is O=C(Nc1nnc(-c2ccccn2)o1)C1CCCN1S(=O)(=O)c1cccs1. The van der Waals surface area contributed by atoms with E-state index in [9.17, 15) is 13.2 Å². The molecule has 0 aromatic carbocycles. The van der Waals surface area contributed by atoms with Crippen molar-refractivity contribution in [2.75, 3.05) is 11.9 Å². The second-order valence-corrected chi connectivity index (χ2v) is 8.89. The highest BCUT2D eigenvalue weighted by Crippen LogP contribution is 2.29. The molecule has 11 heteroatoms. The third-order valence-corrected chi connectivity index (χ3v) is 7.38. The Labute approximate surface area is 159 Å². The fraction of sp³-hybridized carbons (Fsp3) is 0.250. The summed E-state index contributed by atoms with van der Waals surface area (Å²) >= 11 is 1.13. The fourth-order valence-electron chi connectivity index (χ4n) is 2.87. The largest absolute Gasteiger partial charge is 0.401 e. The maximum Gasteiger partial charge on any atom is 0.322 e. The standard InChI is InChI=1S/C16H15N5O4S2/c22-14(18-16-20-19-15(25-16)11-5-1-2-8-17-11)12-6-3-9-21(12)27(23,24)13-7-4-10-26-13/h1-2,4-5,7-8,10,12H,3,6,9H2,(H,18,20,22). The average Bonchev–Trinajstić information content (AvgIpc) is 3.42. The fourth-order valence-corrected chi connectivity index (χ4v) is 5.65. The molecular formula is C16H15N5O4S2. The number of carbonyl (C=O) groups is 1. The maximum atomic E-state index is 12.7. The highest BCUT2D eigenvalue weighted by molar-refractivity contribution is 7.91. The third-order valence-electron chi connectivity index (χ3n) is 4.10. The number of nitrogens with one attached hydrogen (secondary N) is 1. The molecule has 4 rings (SSSR count). The first kappa shape index (κ1) is 17.8. The van der Waals surface area contributed by atoms with Crippen LogP contribution >= 0.6 is 11.3 Å². The number of rotatable bonds is 5. The summed E-state index contributed by atoms with van der Waals surface area (Å²) in [4.78, 5) is 16.7. The number of pyridine rings is 1. The summed E-state index contributed by atoms with van der Waals surface area (Å²) in [5.74, 6) is -0.329. The Bertz CT molecular complexity index is 1030. The molecular weight excluding hydrogens is 390 g/mol. The molecule has 1 amide bonds. The van der Waals surface area contributed by atoms with Gasteiger partial charge in [-0.25, -0.2) is 8.42 Å². The second kappa shape index (κ2) is 7.18. The van der Waals surface area contributed by atoms with E-state index >= 15 is 0 Å². The van der Waals surface area contributed by atoms with Crippen molar-refractivity contribution in [2.45, 2.75) is 23.1 Å². The summed E-state index contributed by atoms with van der Waals surface area (Å²) in [6.07, 6.45) is 2.62. The summed E-state index contributed by atoms with van der Waals surface area (Å²) in [7, 11) is -3.71. The van der Waals surface area contributed by atoms with Crippen molar-refractivity contribution in [1.82, 2.24) is 19.5 Å². The summed E-state index contributed by atoms with van der Waals surface area (Å²) in [5, 5.41) is 11.8. The van der Waals surface area contributed by atoms with E-state index in [-0.39, 0.29) is 16.1 Å². The van der Waals surface area contributed by atoms with Crippen molar-refractivity contribution in [3.05, 3.63) is 41.9 Å². The molecule has 1 atom stereocenters. The van der Waals surface area contributed by atoms with Crippen molar-refractivity contribution in [3.63, 3.8) is 0 Å². The van der Waals surface area contributed by atoms with Crippen LogP contribution in [0.3, 0.4) is 0 Å². The second-order valence-electron chi connectivity index (χ2n) is 5.82. The Morgan fingerprint density at radius 3 is 2.89 bits per heavy atom. The predicted molar refractivity (Wildman–Crippen MR) is 97.4 cm³/mol. The molecule has 3 aromatic rings. The number of nitrogens with zero attached hydrogens (tertiary/aromatic N) is 4. The smallest absolute Gasteiger partial charge is 0.322 e. The van der Waals surface area contributed by atoms with Crippen LogP contribution < -0.4 is 5.32 Å². The van der Waals surface area contributed by atoms with Gasteiger partial charge in [0.2, 0.25) is 5.91 Å². The molecule has 0 spiro atoms. The molecule has 1 N–H and O–H groups in total. The average molecular weight is 405 g/mol. The van der Waals surface area contributed by atoms with Gasteiger partial charge < -0.3 is 4.42 Å². The van der Waals surface area contributed by atoms with Crippen molar-refractivity contribution >= 4 is 33.3 Å². The van der Waals surface area contributed by atoms with Gasteiger partial charge in [-0.05, 0) is 36.4 Å². The summed E-state index contributed by atoms with van der Waals surface area (Å²) < 4.78 is 32.4. The van der Waals surface area contributed by atoms with Crippen LogP contribution in [0.5, 0.6) is 0 Å². The van der Waals surface area contributed by atoms with E-state index < -0.39 is 22.0 Å². The van der Waals surface area contributed by atoms with Crippen LogP contribution in [0.2, 0.25) is 0 Å². The van der Waals surface area contributed by atoms with E-state index in [1.807, 2.05) is 0 Å². The van der Waals surface area contributed by atoms with Gasteiger partial charge in [-0.2, -0.15) is 4.31 Å². The normalized spacial score (nSPS) is 17.9. The first-order valence-corrected chi connectivity index (χ1v) is 10.5. The highest BCUT2D eigenvalue weighted by Gasteiger charge is 2.40. The minimum absolute atomic E-state index is 0.0963. The molecule has 1 saturated heterocycles. The number of amides is 1. The molecule has 1 unspecified atom stereocenters. The quantitative estimate of drug-likeness (QED) is 0.689. The molecule has 1 fully saturated rings. The van der Waals surface area contributed by atoms with Crippen LogP contribution in [-0.4, -0.2) is 46.4 Å². The number of hydrogen-bond donors (Lipinski definition) is 1. The van der Waals surface area contributed by atoms with E-state index in [2.05, 4.69) is 20.5 Å².